The van der Waals surface area contributed by atoms with Gasteiger partial charge in [-0.1, -0.05) is 18.7 Å². The quantitative estimate of drug-likeness (QED) is 0.541. The van der Waals surface area contributed by atoms with Crippen LogP contribution in [0.2, 0.25) is 0 Å². The number of allylic oxidation sites excluding steroid dienone is 2. The minimum absolute atomic E-state index is 0.0756. The number of benzene rings is 1. The van der Waals surface area contributed by atoms with Gasteiger partial charge in [-0.3, -0.25) is 4.99 Å². The number of alkyl halides is 6. The predicted octanol–water partition coefficient (Wildman–Crippen LogP) is 5.15. The second-order valence-electron chi connectivity index (χ2n) is 4.10. The molecule has 0 spiro atoms. The van der Waals surface area contributed by atoms with Gasteiger partial charge in [-0.05, 0) is 25.1 Å². The molecular formula is C14H11F6N. The lowest BCUT2D eigenvalue weighted by Gasteiger charge is -2.10. The first-order valence-electron chi connectivity index (χ1n) is 5.67. The molecule has 0 aromatic heterocycles. The molecule has 0 unspecified atom stereocenters. The van der Waals surface area contributed by atoms with Crippen LogP contribution in [0.4, 0.5) is 26.3 Å². The van der Waals surface area contributed by atoms with Gasteiger partial charge in [0.05, 0.1) is 11.3 Å². The standard InChI is InChI=1S/C14H11F6N/c1-3-21-12(7-9(2)13(15,16)17)10-5-4-6-11(8-10)14(18,19)20/h3-8H,1H2,2H3/b9-7+,21-12?. The Morgan fingerprint density at radius 1 is 1.14 bits per heavy atom. The molecule has 1 nitrogen and oxygen atoms in total. The van der Waals surface area contributed by atoms with Crippen LogP contribution >= 0.6 is 0 Å². The first-order chi connectivity index (χ1) is 9.55. The molecule has 0 aliphatic heterocycles. The first-order valence-corrected chi connectivity index (χ1v) is 5.67. The van der Waals surface area contributed by atoms with Crippen LogP contribution in [0.15, 0.2) is 53.7 Å². The maximum atomic E-state index is 12.6. The molecule has 0 aliphatic carbocycles. The summed E-state index contributed by atoms with van der Waals surface area (Å²) in [5.74, 6) is 0. The number of aliphatic imine (C=N–C) groups is 1. The van der Waals surface area contributed by atoms with Crippen LogP contribution in [0, 0.1) is 0 Å². The van der Waals surface area contributed by atoms with Crippen molar-refractivity contribution in [1.29, 1.82) is 0 Å². The van der Waals surface area contributed by atoms with Crippen LogP contribution in [-0.4, -0.2) is 11.9 Å². The van der Waals surface area contributed by atoms with Crippen molar-refractivity contribution in [1.82, 2.24) is 0 Å². The van der Waals surface area contributed by atoms with E-state index in [0.29, 0.717) is 6.08 Å². The van der Waals surface area contributed by atoms with E-state index in [4.69, 9.17) is 0 Å². The van der Waals surface area contributed by atoms with E-state index in [-0.39, 0.29) is 11.3 Å². The molecule has 7 heteroatoms. The van der Waals surface area contributed by atoms with E-state index in [0.717, 1.165) is 31.3 Å². The molecule has 0 aliphatic rings. The normalized spacial score (nSPS) is 14.2. The van der Waals surface area contributed by atoms with Crippen molar-refractivity contribution in [3.8, 4) is 0 Å². The summed E-state index contributed by atoms with van der Waals surface area (Å²) in [6.45, 7) is 4.06. The van der Waals surface area contributed by atoms with E-state index < -0.39 is 23.5 Å². The van der Waals surface area contributed by atoms with E-state index in [1.165, 1.54) is 6.07 Å². The van der Waals surface area contributed by atoms with Gasteiger partial charge in [0.15, 0.2) is 0 Å². The molecule has 114 valence electrons. The lowest BCUT2D eigenvalue weighted by Crippen LogP contribution is -2.12. The van der Waals surface area contributed by atoms with E-state index in [9.17, 15) is 26.3 Å². The second-order valence-corrected chi connectivity index (χ2v) is 4.10. The zero-order valence-electron chi connectivity index (χ0n) is 10.9. The van der Waals surface area contributed by atoms with E-state index >= 15 is 0 Å². The summed E-state index contributed by atoms with van der Waals surface area (Å²) in [6, 6.07) is 3.92. The Balaban J connectivity index is 3.32. The van der Waals surface area contributed by atoms with Crippen LogP contribution < -0.4 is 0 Å². The molecule has 1 aromatic rings. The van der Waals surface area contributed by atoms with Gasteiger partial charge < -0.3 is 0 Å². The van der Waals surface area contributed by atoms with Gasteiger partial charge in [-0.2, -0.15) is 26.3 Å². The highest BCUT2D eigenvalue weighted by molar-refractivity contribution is 6.09. The Bertz CT molecular complexity index is 578. The summed E-state index contributed by atoms with van der Waals surface area (Å²) in [7, 11) is 0. The summed E-state index contributed by atoms with van der Waals surface area (Å²) in [6.07, 6.45) is -7.52. The summed E-state index contributed by atoms with van der Waals surface area (Å²) in [5.41, 5.74) is -2.26. The Hall–Kier alpha value is -2.05. The fraction of sp³-hybridized carbons (Fsp3) is 0.214. The Kier molecular flexibility index (Phi) is 4.98. The molecule has 21 heavy (non-hydrogen) atoms. The Morgan fingerprint density at radius 3 is 2.24 bits per heavy atom. The van der Waals surface area contributed by atoms with Gasteiger partial charge in [0.2, 0.25) is 0 Å². The summed E-state index contributed by atoms with van der Waals surface area (Å²) in [4.78, 5) is 3.61. The average molecular weight is 307 g/mol. The smallest absolute Gasteiger partial charge is 0.257 e. The molecule has 0 saturated heterocycles. The Labute approximate surface area is 117 Å². The topological polar surface area (TPSA) is 12.4 Å². The number of hydrogen-bond donors (Lipinski definition) is 0. The minimum atomic E-state index is -4.59. The van der Waals surface area contributed by atoms with Gasteiger partial charge in [0, 0.05) is 17.3 Å². The molecule has 0 bridgehead atoms. The summed E-state index contributed by atoms with van der Waals surface area (Å²) in [5, 5.41) is 0. The lowest BCUT2D eigenvalue weighted by atomic mass is 10.0. The van der Waals surface area contributed by atoms with E-state index in [1.807, 2.05) is 0 Å². The van der Waals surface area contributed by atoms with Crippen molar-refractivity contribution in [2.45, 2.75) is 19.3 Å². The lowest BCUT2D eigenvalue weighted by molar-refractivity contribution is -0.137. The van der Waals surface area contributed by atoms with E-state index in [1.54, 1.807) is 0 Å². The number of halogens is 6. The molecule has 1 rings (SSSR count). The second kappa shape index (κ2) is 6.15. The fourth-order valence-electron chi connectivity index (χ4n) is 1.44. The molecule has 0 atom stereocenters. The van der Waals surface area contributed by atoms with Gasteiger partial charge >= 0.3 is 12.4 Å². The highest BCUT2D eigenvalue weighted by atomic mass is 19.4. The van der Waals surface area contributed by atoms with Crippen molar-refractivity contribution in [2.24, 2.45) is 4.99 Å². The number of rotatable bonds is 3. The fourth-order valence-corrected chi connectivity index (χ4v) is 1.44. The highest BCUT2D eigenvalue weighted by Crippen LogP contribution is 2.30. The third-order valence-electron chi connectivity index (χ3n) is 2.52. The van der Waals surface area contributed by atoms with Crippen LogP contribution in [0.3, 0.4) is 0 Å². The van der Waals surface area contributed by atoms with Gasteiger partial charge in [0.25, 0.3) is 0 Å². The summed E-state index contributed by atoms with van der Waals surface area (Å²) < 4.78 is 75.4. The van der Waals surface area contributed by atoms with Gasteiger partial charge in [-0.25, -0.2) is 0 Å². The number of hydrogen-bond acceptors (Lipinski definition) is 1. The molecule has 0 N–H and O–H groups in total. The molecular weight excluding hydrogens is 296 g/mol. The molecule has 0 amide bonds. The predicted molar refractivity (Wildman–Crippen MR) is 68.0 cm³/mol. The van der Waals surface area contributed by atoms with Crippen molar-refractivity contribution >= 4 is 5.71 Å². The third-order valence-corrected chi connectivity index (χ3v) is 2.52. The van der Waals surface area contributed by atoms with Crippen molar-refractivity contribution in [2.75, 3.05) is 0 Å². The molecule has 1 aromatic carbocycles. The van der Waals surface area contributed by atoms with Crippen molar-refractivity contribution in [3.05, 3.63) is 59.8 Å². The van der Waals surface area contributed by atoms with Crippen LogP contribution in [0.1, 0.15) is 18.1 Å². The Morgan fingerprint density at radius 2 is 1.76 bits per heavy atom. The minimum Gasteiger partial charge on any atom is -0.257 e. The number of nitrogens with zero attached hydrogens (tertiary/aromatic N) is 1. The maximum absolute atomic E-state index is 12.6. The molecule has 0 fully saturated rings. The maximum Gasteiger partial charge on any atom is 0.416 e. The zero-order valence-corrected chi connectivity index (χ0v) is 10.9. The summed E-state index contributed by atoms with van der Waals surface area (Å²) >= 11 is 0. The third kappa shape index (κ3) is 4.77. The monoisotopic (exact) mass is 307 g/mol. The van der Waals surface area contributed by atoms with Crippen LogP contribution in [0.5, 0.6) is 0 Å². The highest BCUT2D eigenvalue weighted by Gasteiger charge is 2.32. The van der Waals surface area contributed by atoms with Crippen LogP contribution in [0.25, 0.3) is 0 Å². The average Bonchev–Trinajstić information content (AvgIpc) is 2.36. The van der Waals surface area contributed by atoms with Crippen LogP contribution in [-0.2, 0) is 6.18 Å². The SMILES string of the molecule is C=CN=C(/C=C(\C)C(F)(F)F)c1cccc(C(F)(F)F)c1. The first kappa shape index (κ1) is 17.0. The van der Waals surface area contributed by atoms with Gasteiger partial charge in [0.1, 0.15) is 0 Å². The van der Waals surface area contributed by atoms with Crippen molar-refractivity contribution < 1.29 is 26.3 Å². The van der Waals surface area contributed by atoms with Crippen molar-refractivity contribution in [3.63, 3.8) is 0 Å². The van der Waals surface area contributed by atoms with Gasteiger partial charge in [-0.15, -0.1) is 0 Å². The molecule has 0 saturated carbocycles. The van der Waals surface area contributed by atoms with E-state index in [2.05, 4.69) is 11.6 Å². The largest absolute Gasteiger partial charge is 0.416 e. The molecule has 0 radical (unpaired) electrons. The zero-order chi connectivity index (χ0) is 16.3. The molecule has 0 heterocycles.